The van der Waals surface area contributed by atoms with Gasteiger partial charge < -0.3 is 4.90 Å². The van der Waals surface area contributed by atoms with Gasteiger partial charge in [-0.05, 0) is 24.4 Å². The van der Waals surface area contributed by atoms with Gasteiger partial charge in [0.05, 0.1) is 0 Å². The third-order valence-corrected chi connectivity index (χ3v) is 1.50. The van der Waals surface area contributed by atoms with E-state index in [1.54, 1.807) is 6.20 Å². The van der Waals surface area contributed by atoms with Crippen LogP contribution in [0.15, 0.2) is 12.3 Å². The van der Waals surface area contributed by atoms with Crippen LogP contribution in [0.1, 0.15) is 12.8 Å². The van der Waals surface area contributed by atoms with Gasteiger partial charge in [-0.15, -0.1) is 11.6 Å². The Labute approximate surface area is 76.8 Å². The first-order valence-electron chi connectivity index (χ1n) is 3.31. The SMILES string of the molecule is CCl.O=C(Cl)N1C=CCCC1. The minimum absolute atomic E-state index is 0.383. The molecule has 2 nitrogen and oxygen atoms in total. The van der Waals surface area contributed by atoms with E-state index in [1.165, 1.54) is 11.3 Å². The molecule has 1 heterocycles. The number of hydrogen-bond acceptors (Lipinski definition) is 1. The molecule has 0 saturated carbocycles. The van der Waals surface area contributed by atoms with Crippen molar-refractivity contribution in [2.75, 3.05) is 12.9 Å². The Kier molecular flexibility index (Phi) is 6.37. The van der Waals surface area contributed by atoms with E-state index in [9.17, 15) is 4.79 Å². The average molecular weight is 196 g/mol. The van der Waals surface area contributed by atoms with Gasteiger partial charge in [0.1, 0.15) is 0 Å². The number of amides is 1. The highest BCUT2D eigenvalue weighted by atomic mass is 35.5. The molecule has 0 saturated heterocycles. The topological polar surface area (TPSA) is 20.3 Å². The van der Waals surface area contributed by atoms with Crippen molar-refractivity contribution in [3.05, 3.63) is 12.3 Å². The van der Waals surface area contributed by atoms with Crippen molar-refractivity contribution in [2.24, 2.45) is 0 Å². The fourth-order valence-corrected chi connectivity index (χ4v) is 0.943. The number of carbonyl (C=O) groups is 1. The second-order valence-electron chi connectivity index (χ2n) is 1.97. The molecule has 0 atom stereocenters. The Morgan fingerprint density at radius 3 is 2.45 bits per heavy atom. The van der Waals surface area contributed by atoms with Crippen LogP contribution in [0.2, 0.25) is 0 Å². The summed E-state index contributed by atoms with van der Waals surface area (Å²) in [5.41, 5.74) is 0. The molecular formula is C7H11Cl2NO. The van der Waals surface area contributed by atoms with Gasteiger partial charge in [0.25, 0.3) is 0 Å². The van der Waals surface area contributed by atoms with Crippen LogP contribution in [-0.4, -0.2) is 23.2 Å². The molecule has 0 N–H and O–H groups in total. The molecule has 64 valence electrons. The Balaban J connectivity index is 0.000000461. The van der Waals surface area contributed by atoms with Gasteiger partial charge >= 0.3 is 5.37 Å². The molecule has 1 amide bonds. The van der Waals surface area contributed by atoms with Crippen LogP contribution in [0.5, 0.6) is 0 Å². The lowest BCUT2D eigenvalue weighted by molar-refractivity contribution is 0.236. The molecule has 0 aliphatic carbocycles. The fourth-order valence-electron chi connectivity index (χ4n) is 0.802. The summed E-state index contributed by atoms with van der Waals surface area (Å²) in [5.74, 6) is 0. The van der Waals surface area contributed by atoms with Gasteiger partial charge in [0.15, 0.2) is 0 Å². The molecule has 0 bridgehead atoms. The van der Waals surface area contributed by atoms with E-state index in [-0.39, 0.29) is 5.37 Å². The average Bonchev–Trinajstić information content (AvgIpc) is 2.10. The summed E-state index contributed by atoms with van der Waals surface area (Å²) in [4.78, 5) is 11.9. The molecule has 1 aliphatic heterocycles. The lowest BCUT2D eigenvalue weighted by Gasteiger charge is -2.17. The monoisotopic (exact) mass is 195 g/mol. The normalized spacial score (nSPS) is 15.4. The molecular weight excluding hydrogens is 185 g/mol. The van der Waals surface area contributed by atoms with E-state index in [1.807, 2.05) is 6.08 Å². The molecule has 4 heteroatoms. The summed E-state index contributed by atoms with van der Waals surface area (Å²) in [6.45, 7) is 0.763. The van der Waals surface area contributed by atoms with Crippen LogP contribution in [0.25, 0.3) is 0 Å². The number of rotatable bonds is 0. The molecule has 0 fully saturated rings. The lowest BCUT2D eigenvalue weighted by Crippen LogP contribution is -2.22. The first kappa shape index (κ1) is 10.8. The van der Waals surface area contributed by atoms with Gasteiger partial charge in [-0.2, -0.15) is 0 Å². The quantitative estimate of drug-likeness (QED) is 0.331. The second-order valence-corrected chi connectivity index (χ2v) is 2.30. The second kappa shape index (κ2) is 6.50. The number of nitrogens with zero attached hydrogens (tertiary/aromatic N) is 1. The molecule has 0 aromatic rings. The smallest absolute Gasteiger partial charge is 0.306 e. The van der Waals surface area contributed by atoms with Crippen molar-refractivity contribution in [3.8, 4) is 0 Å². The summed E-state index contributed by atoms with van der Waals surface area (Å²) < 4.78 is 0. The van der Waals surface area contributed by atoms with Crippen molar-refractivity contribution in [3.63, 3.8) is 0 Å². The Morgan fingerprint density at radius 1 is 1.55 bits per heavy atom. The summed E-state index contributed by atoms with van der Waals surface area (Å²) >= 11 is 9.83. The molecule has 0 aromatic carbocycles. The zero-order chi connectivity index (χ0) is 8.69. The predicted octanol–water partition coefficient (Wildman–Crippen LogP) is 2.81. The highest BCUT2D eigenvalue weighted by Crippen LogP contribution is 2.07. The van der Waals surface area contributed by atoms with E-state index in [2.05, 4.69) is 11.6 Å². The van der Waals surface area contributed by atoms with Gasteiger partial charge in [-0.3, -0.25) is 4.79 Å². The summed E-state index contributed by atoms with van der Waals surface area (Å²) in [5, 5.41) is -0.383. The minimum Gasteiger partial charge on any atom is -0.306 e. The van der Waals surface area contributed by atoms with Crippen LogP contribution >= 0.6 is 23.2 Å². The van der Waals surface area contributed by atoms with Crippen molar-refractivity contribution in [1.82, 2.24) is 4.90 Å². The highest BCUT2D eigenvalue weighted by Gasteiger charge is 2.07. The van der Waals surface area contributed by atoms with Crippen molar-refractivity contribution in [1.29, 1.82) is 0 Å². The van der Waals surface area contributed by atoms with Crippen LogP contribution in [-0.2, 0) is 0 Å². The van der Waals surface area contributed by atoms with Gasteiger partial charge in [0.2, 0.25) is 0 Å². The van der Waals surface area contributed by atoms with Crippen molar-refractivity contribution >= 4 is 28.6 Å². The zero-order valence-corrected chi connectivity index (χ0v) is 7.90. The molecule has 11 heavy (non-hydrogen) atoms. The van der Waals surface area contributed by atoms with E-state index in [0.29, 0.717) is 0 Å². The standard InChI is InChI=1S/C6H8ClNO.CH3Cl/c7-6(9)8-4-2-1-3-5-8;1-2/h2,4H,1,3,5H2;1H3. The van der Waals surface area contributed by atoms with E-state index >= 15 is 0 Å². The Bertz CT molecular complexity index is 147. The molecule has 0 aromatic heterocycles. The van der Waals surface area contributed by atoms with E-state index in [4.69, 9.17) is 11.6 Å². The third-order valence-electron chi connectivity index (χ3n) is 1.28. The maximum atomic E-state index is 10.4. The highest BCUT2D eigenvalue weighted by molar-refractivity contribution is 6.62. The van der Waals surface area contributed by atoms with Crippen molar-refractivity contribution in [2.45, 2.75) is 12.8 Å². The first-order chi connectivity index (χ1) is 5.30. The maximum Gasteiger partial charge on any atom is 0.320 e. The molecule has 1 aliphatic rings. The van der Waals surface area contributed by atoms with Crippen molar-refractivity contribution < 1.29 is 4.79 Å². The maximum absolute atomic E-state index is 10.4. The van der Waals surface area contributed by atoms with Gasteiger partial charge in [-0.1, -0.05) is 6.08 Å². The van der Waals surface area contributed by atoms with Gasteiger partial charge in [-0.25, -0.2) is 0 Å². The number of hydrogen-bond donors (Lipinski definition) is 0. The molecule has 0 radical (unpaired) electrons. The van der Waals surface area contributed by atoms with Gasteiger partial charge in [0, 0.05) is 19.1 Å². The van der Waals surface area contributed by atoms with E-state index in [0.717, 1.165) is 19.4 Å². The van der Waals surface area contributed by atoms with Crippen LogP contribution in [0.3, 0.4) is 0 Å². The number of halogens is 2. The predicted molar refractivity (Wildman–Crippen MR) is 48.1 cm³/mol. The number of allylic oxidation sites excluding steroid dienone is 1. The zero-order valence-electron chi connectivity index (χ0n) is 6.39. The van der Waals surface area contributed by atoms with Crippen LogP contribution in [0.4, 0.5) is 4.79 Å². The lowest BCUT2D eigenvalue weighted by atomic mass is 10.2. The number of carbonyl (C=O) groups excluding carboxylic acids is 1. The van der Waals surface area contributed by atoms with Crippen LogP contribution in [0, 0.1) is 0 Å². The summed E-state index contributed by atoms with van der Waals surface area (Å²) in [6, 6.07) is 0. The fraction of sp³-hybridized carbons (Fsp3) is 0.571. The summed E-state index contributed by atoms with van der Waals surface area (Å²) in [7, 11) is 0. The molecule has 1 rings (SSSR count). The first-order valence-corrected chi connectivity index (χ1v) is 4.44. The van der Waals surface area contributed by atoms with E-state index < -0.39 is 0 Å². The minimum atomic E-state index is -0.383. The third kappa shape index (κ3) is 4.27. The molecule has 0 unspecified atom stereocenters. The Morgan fingerprint density at radius 2 is 2.18 bits per heavy atom. The van der Waals surface area contributed by atoms with Crippen LogP contribution < -0.4 is 0 Å². The summed E-state index contributed by atoms with van der Waals surface area (Å²) in [6.07, 6.45) is 7.23. The largest absolute Gasteiger partial charge is 0.320 e. The number of alkyl halides is 1. The Hall–Kier alpha value is -0.210. The molecule has 0 spiro atoms.